The third-order valence-electron chi connectivity index (χ3n) is 5.73. The Morgan fingerprint density at radius 1 is 1.36 bits per heavy atom. The van der Waals surface area contributed by atoms with Crippen LogP contribution in [0, 0.1) is 11.3 Å². The van der Waals surface area contributed by atoms with Gasteiger partial charge in [0, 0.05) is 29.2 Å². The molecule has 1 aliphatic carbocycles. The highest BCUT2D eigenvalue weighted by Crippen LogP contribution is 2.47. The Kier molecular flexibility index (Phi) is 5.07. The van der Waals surface area contributed by atoms with Crippen molar-refractivity contribution in [2.75, 3.05) is 19.7 Å². The first kappa shape index (κ1) is 18.3. The van der Waals surface area contributed by atoms with Crippen LogP contribution in [0.4, 0.5) is 0 Å². The van der Waals surface area contributed by atoms with Gasteiger partial charge in [0.1, 0.15) is 0 Å². The smallest absolute Gasteiger partial charge is 0.192 e. The average molecular weight is 386 g/mol. The third kappa shape index (κ3) is 3.70. The number of hydrogen-bond acceptors (Lipinski definition) is 2. The van der Waals surface area contributed by atoms with E-state index in [0.717, 1.165) is 26.1 Å². The molecule has 0 radical (unpaired) electrons. The van der Waals surface area contributed by atoms with Crippen molar-refractivity contribution in [3.05, 3.63) is 22.3 Å². The van der Waals surface area contributed by atoms with Gasteiger partial charge in [-0.25, -0.2) is 0 Å². The minimum atomic E-state index is -1.64. The zero-order valence-electron chi connectivity index (χ0n) is 15.3. The highest BCUT2D eigenvalue weighted by Gasteiger charge is 2.43. The lowest BCUT2D eigenvalue weighted by molar-refractivity contribution is 0.220. The van der Waals surface area contributed by atoms with Crippen molar-refractivity contribution in [2.24, 2.45) is 11.3 Å². The highest BCUT2D eigenvalue weighted by atomic mass is 79.9. The molecule has 1 fully saturated rings. The molecule has 0 aromatic rings. The standard InChI is InChI=1S/C18H32BrNOSi/c1-17(2,3)22(6,7)21-11-10-20-13-18(4,5)15-9-8-14(19)12-16(15)20/h8,12,15H,9-11,13H2,1-7H3. The zero-order valence-corrected chi connectivity index (χ0v) is 17.9. The van der Waals surface area contributed by atoms with Crippen molar-refractivity contribution < 1.29 is 4.43 Å². The van der Waals surface area contributed by atoms with Gasteiger partial charge >= 0.3 is 0 Å². The van der Waals surface area contributed by atoms with Gasteiger partial charge in [-0.1, -0.05) is 56.6 Å². The second-order valence-electron chi connectivity index (χ2n) is 8.97. The Morgan fingerprint density at radius 3 is 2.59 bits per heavy atom. The van der Waals surface area contributed by atoms with Crippen LogP contribution in [0.3, 0.4) is 0 Å². The second-order valence-corrected chi connectivity index (χ2v) is 14.7. The summed E-state index contributed by atoms with van der Waals surface area (Å²) in [5.74, 6) is 0.654. The van der Waals surface area contributed by atoms with Crippen LogP contribution in [0.25, 0.3) is 0 Å². The lowest BCUT2D eigenvalue weighted by Gasteiger charge is -2.37. The van der Waals surface area contributed by atoms with Crippen LogP contribution in [-0.2, 0) is 4.43 Å². The molecule has 2 rings (SSSR count). The van der Waals surface area contributed by atoms with Crippen LogP contribution in [-0.4, -0.2) is 32.9 Å². The van der Waals surface area contributed by atoms with Gasteiger partial charge in [0.15, 0.2) is 8.32 Å². The maximum Gasteiger partial charge on any atom is 0.192 e. The van der Waals surface area contributed by atoms with Crippen LogP contribution >= 0.6 is 15.9 Å². The van der Waals surface area contributed by atoms with Gasteiger partial charge in [0.25, 0.3) is 0 Å². The number of likely N-dealkylation sites (tertiary alicyclic amines) is 1. The molecule has 0 aromatic heterocycles. The topological polar surface area (TPSA) is 12.5 Å². The van der Waals surface area contributed by atoms with E-state index in [4.69, 9.17) is 4.43 Å². The molecule has 0 saturated carbocycles. The lowest BCUT2D eigenvalue weighted by Crippen LogP contribution is -2.42. The molecule has 0 spiro atoms. The van der Waals surface area contributed by atoms with E-state index in [1.165, 1.54) is 10.2 Å². The number of hydrogen-bond donors (Lipinski definition) is 0. The molecule has 1 aliphatic heterocycles. The van der Waals surface area contributed by atoms with Gasteiger partial charge in [-0.15, -0.1) is 0 Å². The second kappa shape index (κ2) is 6.10. The van der Waals surface area contributed by atoms with Gasteiger partial charge < -0.3 is 9.33 Å². The fourth-order valence-electron chi connectivity index (χ4n) is 3.21. The summed E-state index contributed by atoms with van der Waals surface area (Å²) >= 11 is 3.65. The van der Waals surface area contributed by atoms with Crippen LogP contribution in [0.2, 0.25) is 18.1 Å². The molecule has 0 aromatic carbocycles. The fraction of sp³-hybridized carbons (Fsp3) is 0.778. The molecule has 1 heterocycles. The van der Waals surface area contributed by atoms with Crippen molar-refractivity contribution in [2.45, 2.75) is 59.2 Å². The van der Waals surface area contributed by atoms with E-state index in [1.807, 2.05) is 0 Å². The average Bonchev–Trinajstić information content (AvgIpc) is 2.59. The van der Waals surface area contributed by atoms with Crippen LogP contribution < -0.4 is 0 Å². The number of nitrogens with zero attached hydrogens (tertiary/aromatic N) is 1. The van der Waals surface area contributed by atoms with Crippen molar-refractivity contribution in [1.29, 1.82) is 0 Å². The monoisotopic (exact) mass is 385 g/mol. The molecular formula is C18H32BrNOSi. The zero-order chi connectivity index (χ0) is 16.8. The summed E-state index contributed by atoms with van der Waals surface area (Å²) in [4.78, 5) is 2.55. The summed E-state index contributed by atoms with van der Waals surface area (Å²) in [5.41, 5.74) is 1.85. The van der Waals surface area contributed by atoms with E-state index in [-0.39, 0.29) is 5.04 Å². The van der Waals surface area contributed by atoms with Crippen molar-refractivity contribution >= 4 is 24.2 Å². The summed E-state index contributed by atoms with van der Waals surface area (Å²) in [6, 6.07) is 0. The summed E-state index contributed by atoms with van der Waals surface area (Å²) in [7, 11) is -1.64. The van der Waals surface area contributed by atoms with E-state index in [2.05, 4.69) is 80.7 Å². The van der Waals surface area contributed by atoms with Gasteiger partial charge in [0.2, 0.25) is 0 Å². The molecule has 0 amide bonds. The molecule has 2 nitrogen and oxygen atoms in total. The van der Waals surface area contributed by atoms with Crippen molar-refractivity contribution in [3.8, 4) is 0 Å². The van der Waals surface area contributed by atoms with Crippen LogP contribution in [0.15, 0.2) is 22.3 Å². The molecule has 0 bridgehead atoms. The molecule has 1 unspecified atom stereocenters. The molecular weight excluding hydrogens is 354 g/mol. The third-order valence-corrected chi connectivity index (χ3v) is 10.8. The number of fused-ring (bicyclic) bond motifs is 1. The summed E-state index contributed by atoms with van der Waals surface area (Å²) in [6.45, 7) is 19.4. The number of halogens is 1. The Balaban J connectivity index is 2.00. The SMILES string of the molecule is CC1(C)CN(CCO[Si](C)(C)C(C)(C)C)C2=CC(Br)=CCC21. The van der Waals surface area contributed by atoms with Crippen LogP contribution in [0.1, 0.15) is 41.0 Å². The summed E-state index contributed by atoms with van der Waals surface area (Å²) in [5, 5.41) is 0.287. The van der Waals surface area contributed by atoms with E-state index in [9.17, 15) is 0 Å². The molecule has 126 valence electrons. The minimum Gasteiger partial charge on any atom is -0.415 e. The van der Waals surface area contributed by atoms with Crippen molar-refractivity contribution in [1.82, 2.24) is 4.90 Å². The first-order chi connectivity index (χ1) is 9.94. The molecule has 1 saturated heterocycles. The summed E-state index contributed by atoms with van der Waals surface area (Å²) in [6.07, 6.45) is 5.78. The quantitative estimate of drug-likeness (QED) is 0.589. The van der Waals surface area contributed by atoms with E-state index in [1.54, 1.807) is 0 Å². The fourth-order valence-corrected chi connectivity index (χ4v) is 4.67. The Hall–Kier alpha value is -0.0631. The number of allylic oxidation sites excluding steroid dienone is 4. The van der Waals surface area contributed by atoms with Crippen LogP contribution in [0.5, 0.6) is 0 Å². The van der Waals surface area contributed by atoms with Gasteiger partial charge in [-0.2, -0.15) is 0 Å². The Labute approximate surface area is 146 Å². The Bertz CT molecular complexity index is 488. The minimum absolute atomic E-state index is 0.287. The van der Waals surface area contributed by atoms with Gasteiger partial charge in [0.05, 0.1) is 6.61 Å². The summed E-state index contributed by atoms with van der Waals surface area (Å²) < 4.78 is 7.60. The van der Waals surface area contributed by atoms with E-state index >= 15 is 0 Å². The number of rotatable bonds is 4. The van der Waals surface area contributed by atoms with E-state index < -0.39 is 8.32 Å². The lowest BCUT2D eigenvalue weighted by atomic mass is 9.77. The molecule has 4 heteroatoms. The molecule has 1 atom stereocenters. The molecule has 0 N–H and O–H groups in total. The predicted octanol–water partition coefficient (Wildman–Crippen LogP) is 5.53. The van der Waals surface area contributed by atoms with Gasteiger partial charge in [-0.3, -0.25) is 0 Å². The largest absolute Gasteiger partial charge is 0.415 e. The first-order valence-electron chi connectivity index (χ1n) is 8.40. The van der Waals surface area contributed by atoms with Gasteiger partial charge in [-0.05, 0) is 36.0 Å². The molecule has 22 heavy (non-hydrogen) atoms. The predicted molar refractivity (Wildman–Crippen MR) is 102 cm³/mol. The van der Waals surface area contributed by atoms with Crippen molar-refractivity contribution in [3.63, 3.8) is 0 Å². The normalized spacial score (nSPS) is 24.9. The molecule has 2 aliphatic rings. The maximum atomic E-state index is 6.37. The maximum absolute atomic E-state index is 6.37. The highest BCUT2D eigenvalue weighted by molar-refractivity contribution is 9.11. The van der Waals surface area contributed by atoms with E-state index in [0.29, 0.717) is 11.3 Å². The first-order valence-corrected chi connectivity index (χ1v) is 12.1. The Morgan fingerprint density at radius 2 is 2.00 bits per heavy atom.